The number of fused-ring (bicyclic) bond motifs is 1. The van der Waals surface area contributed by atoms with Crippen LogP contribution in [0.3, 0.4) is 0 Å². The maximum Gasteiger partial charge on any atom is 0.264 e. The second-order valence-electron chi connectivity index (χ2n) is 6.38. The van der Waals surface area contributed by atoms with Gasteiger partial charge in [0.05, 0.1) is 4.88 Å². The van der Waals surface area contributed by atoms with Crippen LogP contribution >= 0.6 is 11.3 Å². The Kier molecular flexibility index (Phi) is 5.86. The summed E-state index contributed by atoms with van der Waals surface area (Å²) in [5.74, 6) is -0.779. The SMILES string of the molecule is CCCN(CC(=O)Nc1ccccc1C)C(=O)c1cc2cc(F)ccc2s1. The molecule has 1 heterocycles. The van der Waals surface area contributed by atoms with Gasteiger partial charge in [0.1, 0.15) is 12.4 Å². The van der Waals surface area contributed by atoms with Gasteiger partial charge in [-0.1, -0.05) is 25.1 Å². The topological polar surface area (TPSA) is 49.4 Å². The summed E-state index contributed by atoms with van der Waals surface area (Å²) in [5.41, 5.74) is 1.70. The van der Waals surface area contributed by atoms with Crippen LogP contribution < -0.4 is 5.32 Å². The van der Waals surface area contributed by atoms with E-state index < -0.39 is 0 Å². The molecule has 1 N–H and O–H groups in total. The third-order valence-electron chi connectivity index (χ3n) is 4.22. The number of anilines is 1. The minimum absolute atomic E-state index is 0.0242. The van der Waals surface area contributed by atoms with Gasteiger partial charge in [-0.15, -0.1) is 11.3 Å². The van der Waals surface area contributed by atoms with Crippen LogP contribution in [-0.4, -0.2) is 29.8 Å². The molecule has 0 spiro atoms. The van der Waals surface area contributed by atoms with E-state index in [9.17, 15) is 14.0 Å². The van der Waals surface area contributed by atoms with Crippen molar-refractivity contribution in [1.82, 2.24) is 4.90 Å². The van der Waals surface area contributed by atoms with E-state index in [0.29, 0.717) is 16.8 Å². The van der Waals surface area contributed by atoms with E-state index >= 15 is 0 Å². The lowest BCUT2D eigenvalue weighted by molar-refractivity contribution is -0.116. The number of rotatable bonds is 6. The molecule has 4 nitrogen and oxygen atoms in total. The van der Waals surface area contributed by atoms with Crippen molar-refractivity contribution in [1.29, 1.82) is 0 Å². The summed E-state index contributed by atoms with van der Waals surface area (Å²) in [5, 5.41) is 3.56. The lowest BCUT2D eigenvalue weighted by Crippen LogP contribution is -2.38. The van der Waals surface area contributed by atoms with Gasteiger partial charge in [0, 0.05) is 16.9 Å². The van der Waals surface area contributed by atoms with Gasteiger partial charge in [-0.2, -0.15) is 0 Å². The van der Waals surface area contributed by atoms with Crippen molar-refractivity contribution in [2.75, 3.05) is 18.4 Å². The molecule has 0 bridgehead atoms. The maximum atomic E-state index is 13.4. The third kappa shape index (κ3) is 4.52. The summed E-state index contributed by atoms with van der Waals surface area (Å²) in [4.78, 5) is 27.4. The molecule has 27 heavy (non-hydrogen) atoms. The second-order valence-corrected chi connectivity index (χ2v) is 7.47. The van der Waals surface area contributed by atoms with Gasteiger partial charge in [0.15, 0.2) is 0 Å². The van der Waals surface area contributed by atoms with Crippen LogP contribution in [0.5, 0.6) is 0 Å². The third-order valence-corrected chi connectivity index (χ3v) is 5.33. The first-order valence-corrected chi connectivity index (χ1v) is 9.63. The van der Waals surface area contributed by atoms with Crippen molar-refractivity contribution in [3.63, 3.8) is 0 Å². The van der Waals surface area contributed by atoms with Crippen LogP contribution in [0.15, 0.2) is 48.5 Å². The lowest BCUT2D eigenvalue weighted by Gasteiger charge is -2.21. The normalized spacial score (nSPS) is 10.8. The number of para-hydroxylation sites is 1. The first-order chi connectivity index (χ1) is 13.0. The number of hydrogen-bond acceptors (Lipinski definition) is 3. The fraction of sp³-hybridized carbons (Fsp3) is 0.238. The van der Waals surface area contributed by atoms with Crippen molar-refractivity contribution in [2.45, 2.75) is 20.3 Å². The Labute approximate surface area is 161 Å². The summed E-state index contributed by atoms with van der Waals surface area (Å²) < 4.78 is 14.2. The highest BCUT2D eigenvalue weighted by atomic mass is 32.1. The lowest BCUT2D eigenvalue weighted by atomic mass is 10.2. The van der Waals surface area contributed by atoms with Gasteiger partial charge >= 0.3 is 0 Å². The number of nitrogens with zero attached hydrogens (tertiary/aromatic N) is 1. The molecule has 3 rings (SSSR count). The number of carbonyl (C=O) groups excluding carboxylic acids is 2. The van der Waals surface area contributed by atoms with E-state index in [4.69, 9.17) is 0 Å². The van der Waals surface area contributed by atoms with Gasteiger partial charge in [0.25, 0.3) is 5.91 Å². The molecule has 0 aliphatic heterocycles. The Hall–Kier alpha value is -2.73. The molecule has 0 unspecified atom stereocenters. The molecule has 6 heteroatoms. The van der Waals surface area contributed by atoms with Crippen LogP contribution in [0.25, 0.3) is 10.1 Å². The van der Waals surface area contributed by atoms with E-state index in [2.05, 4.69) is 5.32 Å². The molecule has 0 radical (unpaired) electrons. The van der Waals surface area contributed by atoms with Crippen molar-refractivity contribution in [3.8, 4) is 0 Å². The van der Waals surface area contributed by atoms with Gasteiger partial charge < -0.3 is 10.2 Å². The van der Waals surface area contributed by atoms with E-state index in [-0.39, 0.29) is 24.2 Å². The number of nitrogens with one attached hydrogen (secondary N) is 1. The molecule has 0 aliphatic carbocycles. The molecule has 0 saturated heterocycles. The first kappa shape index (κ1) is 19.0. The molecule has 140 valence electrons. The molecule has 0 aliphatic rings. The number of hydrogen-bond donors (Lipinski definition) is 1. The smallest absolute Gasteiger partial charge is 0.264 e. The Balaban J connectivity index is 1.76. The standard InChI is InChI=1S/C21H21FN2O2S/c1-3-10-24(13-20(25)23-17-7-5-4-6-14(17)2)21(26)19-12-15-11-16(22)8-9-18(15)27-19/h4-9,11-12H,3,10,13H2,1-2H3,(H,23,25). The molecule has 0 saturated carbocycles. The summed E-state index contributed by atoms with van der Waals surface area (Å²) in [6, 6.07) is 13.7. The largest absolute Gasteiger partial charge is 0.329 e. The molecule has 1 aromatic heterocycles. The average molecular weight is 384 g/mol. The molecule has 0 atom stereocenters. The zero-order chi connectivity index (χ0) is 19.4. The Morgan fingerprint density at radius 2 is 1.93 bits per heavy atom. The average Bonchev–Trinajstić information content (AvgIpc) is 3.05. The maximum absolute atomic E-state index is 13.4. The number of benzene rings is 2. The van der Waals surface area contributed by atoms with Crippen LogP contribution in [0.4, 0.5) is 10.1 Å². The van der Waals surface area contributed by atoms with Gasteiger partial charge in [0.2, 0.25) is 5.91 Å². The van der Waals surface area contributed by atoms with Gasteiger partial charge in [-0.25, -0.2) is 4.39 Å². The monoisotopic (exact) mass is 384 g/mol. The Morgan fingerprint density at radius 3 is 2.67 bits per heavy atom. The highest BCUT2D eigenvalue weighted by Gasteiger charge is 2.20. The van der Waals surface area contributed by atoms with Crippen LogP contribution in [0, 0.1) is 12.7 Å². The number of carbonyl (C=O) groups is 2. The zero-order valence-electron chi connectivity index (χ0n) is 15.3. The van der Waals surface area contributed by atoms with Crippen LogP contribution in [-0.2, 0) is 4.79 Å². The summed E-state index contributed by atoms with van der Waals surface area (Å²) in [6.45, 7) is 4.33. The Bertz CT molecular complexity index is 983. The minimum atomic E-state index is -0.331. The van der Waals surface area contributed by atoms with E-state index in [1.165, 1.54) is 28.4 Å². The number of thiophene rings is 1. The fourth-order valence-corrected chi connectivity index (χ4v) is 3.89. The quantitative estimate of drug-likeness (QED) is 0.661. The molecule has 3 aromatic rings. The molecular weight excluding hydrogens is 363 g/mol. The van der Waals surface area contributed by atoms with Crippen molar-refractivity contribution < 1.29 is 14.0 Å². The molecular formula is C21H21FN2O2S. The first-order valence-electron chi connectivity index (χ1n) is 8.81. The van der Waals surface area contributed by atoms with Gasteiger partial charge in [-0.3, -0.25) is 9.59 Å². The minimum Gasteiger partial charge on any atom is -0.329 e. The van der Waals surface area contributed by atoms with E-state index in [1.54, 1.807) is 12.1 Å². The predicted octanol–water partition coefficient (Wildman–Crippen LogP) is 4.84. The molecule has 2 amide bonds. The highest BCUT2D eigenvalue weighted by molar-refractivity contribution is 7.20. The zero-order valence-corrected chi connectivity index (χ0v) is 16.1. The number of aryl methyl sites for hydroxylation is 1. The molecule has 2 aromatic carbocycles. The molecule has 0 fully saturated rings. The fourth-order valence-electron chi connectivity index (χ4n) is 2.87. The number of amides is 2. The van der Waals surface area contributed by atoms with Gasteiger partial charge in [-0.05, 0) is 54.6 Å². The van der Waals surface area contributed by atoms with E-state index in [1.807, 2.05) is 38.1 Å². The summed E-state index contributed by atoms with van der Waals surface area (Å²) in [6.07, 6.45) is 0.739. The number of halogens is 1. The Morgan fingerprint density at radius 1 is 1.15 bits per heavy atom. The van der Waals surface area contributed by atoms with E-state index in [0.717, 1.165) is 22.4 Å². The summed E-state index contributed by atoms with van der Waals surface area (Å²) in [7, 11) is 0. The van der Waals surface area contributed by atoms with Crippen molar-refractivity contribution >= 4 is 38.9 Å². The second kappa shape index (κ2) is 8.31. The van der Waals surface area contributed by atoms with Crippen LogP contribution in [0.2, 0.25) is 0 Å². The van der Waals surface area contributed by atoms with Crippen LogP contribution in [0.1, 0.15) is 28.6 Å². The van der Waals surface area contributed by atoms with Crippen molar-refractivity contribution in [3.05, 3.63) is 64.8 Å². The summed E-state index contributed by atoms with van der Waals surface area (Å²) >= 11 is 1.31. The van der Waals surface area contributed by atoms with Crippen molar-refractivity contribution in [2.24, 2.45) is 0 Å². The predicted molar refractivity (Wildman–Crippen MR) is 108 cm³/mol. The highest BCUT2D eigenvalue weighted by Crippen LogP contribution is 2.27.